The van der Waals surface area contributed by atoms with E-state index in [1.807, 2.05) is 0 Å². The second kappa shape index (κ2) is 6.39. The molecule has 0 amide bonds. The fourth-order valence-corrected chi connectivity index (χ4v) is 1.79. The van der Waals surface area contributed by atoms with Gasteiger partial charge in [0.2, 0.25) is 0 Å². The second-order valence-corrected chi connectivity index (χ2v) is 4.32. The number of nitroso groups, excluding NO2 is 1. The number of nitro benzene ring substituents is 1. The molecule has 1 N–H and O–H groups in total. The molecule has 0 aliphatic heterocycles. The van der Waals surface area contributed by atoms with Crippen molar-refractivity contribution in [2.75, 3.05) is 0 Å². The van der Waals surface area contributed by atoms with E-state index in [1.165, 1.54) is 41.1 Å². The molecule has 0 spiro atoms. The Morgan fingerprint density at radius 3 is 2.55 bits per heavy atom. The zero-order valence-corrected chi connectivity index (χ0v) is 11.1. The van der Waals surface area contributed by atoms with Gasteiger partial charge in [0.15, 0.2) is 0 Å². The van der Waals surface area contributed by atoms with E-state index >= 15 is 0 Å². The van der Waals surface area contributed by atoms with E-state index in [9.17, 15) is 24.6 Å². The summed E-state index contributed by atoms with van der Waals surface area (Å²) in [5, 5.41) is 13.1. The van der Waals surface area contributed by atoms with Crippen LogP contribution in [0.3, 0.4) is 0 Å². The van der Waals surface area contributed by atoms with Crippen molar-refractivity contribution in [2.45, 2.75) is 6.54 Å². The van der Waals surface area contributed by atoms with Gasteiger partial charge < -0.3 is 0 Å². The van der Waals surface area contributed by atoms with Crippen LogP contribution in [0, 0.1) is 15.0 Å². The highest BCUT2D eigenvalue weighted by Crippen LogP contribution is 2.12. The van der Waals surface area contributed by atoms with Crippen molar-refractivity contribution in [3.63, 3.8) is 0 Å². The zero-order valence-electron chi connectivity index (χ0n) is 11.1. The number of H-pyrrole nitrogens is 1. The van der Waals surface area contributed by atoms with Gasteiger partial charge in [0.05, 0.1) is 23.2 Å². The number of non-ortho nitro benzene ring substituents is 1. The first-order chi connectivity index (χ1) is 10.5. The predicted octanol–water partition coefficient (Wildman–Crippen LogP) is 1.23. The molecule has 2 aromatic rings. The molecular formula is C13H10N4O5. The summed E-state index contributed by atoms with van der Waals surface area (Å²) in [5.41, 5.74) is -0.577. The monoisotopic (exact) mass is 302 g/mol. The van der Waals surface area contributed by atoms with Gasteiger partial charge in [-0.15, -0.1) is 4.91 Å². The zero-order chi connectivity index (χ0) is 16.1. The van der Waals surface area contributed by atoms with Crippen LogP contribution in [0.1, 0.15) is 11.1 Å². The Morgan fingerprint density at radius 1 is 1.27 bits per heavy atom. The minimum Gasteiger partial charge on any atom is -0.296 e. The molecule has 1 aromatic heterocycles. The number of nitrogens with zero attached hydrogens (tertiary/aromatic N) is 3. The molecule has 0 bridgehead atoms. The van der Waals surface area contributed by atoms with Crippen molar-refractivity contribution >= 4 is 11.8 Å². The Hall–Kier alpha value is -3.36. The van der Waals surface area contributed by atoms with Gasteiger partial charge in [-0.3, -0.25) is 24.5 Å². The fraction of sp³-hybridized carbons (Fsp3) is 0.0769. The van der Waals surface area contributed by atoms with Gasteiger partial charge in [-0.1, -0.05) is 12.1 Å². The molecule has 0 radical (unpaired) electrons. The standard InChI is InChI=1S/C13H10N4O5/c18-12-10(5-6-14-20)8-16(13(19)15-12)7-9-1-3-11(4-2-9)17(21)22/h1-6,8H,7H2,(H,15,18,19)/b6-5+. The number of nitrogens with one attached hydrogen (secondary N) is 1. The van der Waals surface area contributed by atoms with Crippen molar-refractivity contribution in [3.8, 4) is 0 Å². The van der Waals surface area contributed by atoms with Crippen LogP contribution in [0.5, 0.6) is 0 Å². The predicted molar refractivity (Wildman–Crippen MR) is 78.4 cm³/mol. The molecule has 112 valence electrons. The van der Waals surface area contributed by atoms with Crippen molar-refractivity contribution in [2.24, 2.45) is 5.18 Å². The lowest BCUT2D eigenvalue weighted by atomic mass is 10.2. The fourth-order valence-electron chi connectivity index (χ4n) is 1.79. The molecule has 0 atom stereocenters. The summed E-state index contributed by atoms with van der Waals surface area (Å²) in [5.74, 6) is 0. The third-order valence-electron chi connectivity index (χ3n) is 2.85. The Labute approximate surface area is 122 Å². The first kappa shape index (κ1) is 15.0. The summed E-state index contributed by atoms with van der Waals surface area (Å²) in [6.45, 7) is 0.114. The Kier molecular flexibility index (Phi) is 4.37. The van der Waals surface area contributed by atoms with E-state index in [0.29, 0.717) is 5.56 Å². The highest BCUT2D eigenvalue weighted by molar-refractivity contribution is 5.46. The second-order valence-electron chi connectivity index (χ2n) is 4.32. The van der Waals surface area contributed by atoms with Crippen LogP contribution in [0.4, 0.5) is 5.69 Å². The van der Waals surface area contributed by atoms with Gasteiger partial charge in [0.25, 0.3) is 11.2 Å². The average Bonchev–Trinajstić information content (AvgIpc) is 2.49. The van der Waals surface area contributed by atoms with E-state index < -0.39 is 16.2 Å². The third kappa shape index (κ3) is 3.39. The average molecular weight is 302 g/mol. The van der Waals surface area contributed by atoms with Crippen LogP contribution in [-0.2, 0) is 6.54 Å². The number of nitro groups is 1. The smallest absolute Gasteiger partial charge is 0.296 e. The molecule has 1 heterocycles. The number of hydrogen-bond donors (Lipinski definition) is 1. The summed E-state index contributed by atoms with van der Waals surface area (Å²) < 4.78 is 1.22. The van der Waals surface area contributed by atoms with E-state index in [2.05, 4.69) is 10.2 Å². The Morgan fingerprint density at radius 2 is 1.95 bits per heavy atom. The molecule has 9 heteroatoms. The number of rotatable bonds is 5. The van der Waals surface area contributed by atoms with Crippen LogP contribution in [0.25, 0.3) is 6.08 Å². The highest BCUT2D eigenvalue weighted by Gasteiger charge is 2.06. The number of aromatic nitrogens is 2. The normalized spacial score (nSPS) is 10.7. The lowest BCUT2D eigenvalue weighted by Crippen LogP contribution is -2.31. The highest BCUT2D eigenvalue weighted by atomic mass is 16.6. The third-order valence-corrected chi connectivity index (χ3v) is 2.85. The van der Waals surface area contributed by atoms with Crippen molar-refractivity contribution in [1.82, 2.24) is 9.55 Å². The van der Waals surface area contributed by atoms with Gasteiger partial charge in [0.1, 0.15) is 0 Å². The van der Waals surface area contributed by atoms with Crippen LogP contribution in [0.15, 0.2) is 51.4 Å². The van der Waals surface area contributed by atoms with Crippen LogP contribution in [0.2, 0.25) is 0 Å². The molecule has 9 nitrogen and oxygen atoms in total. The van der Waals surface area contributed by atoms with Crippen LogP contribution in [-0.4, -0.2) is 14.5 Å². The summed E-state index contributed by atoms with van der Waals surface area (Å²) in [4.78, 5) is 45.5. The van der Waals surface area contributed by atoms with Crippen molar-refractivity contribution in [3.05, 3.63) is 83.6 Å². The van der Waals surface area contributed by atoms with E-state index in [-0.39, 0.29) is 17.8 Å². The SMILES string of the molecule is O=N/C=C/c1cn(Cc2ccc([N+](=O)[O-])cc2)c(=O)[nH]c1=O. The molecule has 2 rings (SSSR count). The molecule has 22 heavy (non-hydrogen) atoms. The minimum absolute atomic E-state index is 0.0572. The molecule has 0 aliphatic carbocycles. The quantitative estimate of drug-likeness (QED) is 0.504. The lowest BCUT2D eigenvalue weighted by Gasteiger charge is -2.06. The van der Waals surface area contributed by atoms with Gasteiger partial charge in [-0.05, 0) is 16.8 Å². The molecule has 0 saturated heterocycles. The summed E-state index contributed by atoms with van der Waals surface area (Å²) in [6.07, 6.45) is 3.35. The molecule has 1 aromatic carbocycles. The van der Waals surface area contributed by atoms with Gasteiger partial charge in [0, 0.05) is 18.3 Å². The van der Waals surface area contributed by atoms with E-state index in [4.69, 9.17) is 0 Å². The van der Waals surface area contributed by atoms with Crippen LogP contribution < -0.4 is 11.2 Å². The molecule has 0 aliphatic rings. The number of hydrogen-bond acceptors (Lipinski definition) is 6. The number of aromatic amines is 1. The summed E-state index contributed by atoms with van der Waals surface area (Å²) in [7, 11) is 0. The molecular weight excluding hydrogens is 292 g/mol. The summed E-state index contributed by atoms with van der Waals surface area (Å²) in [6, 6.07) is 5.67. The molecule has 0 unspecified atom stereocenters. The van der Waals surface area contributed by atoms with Gasteiger partial charge >= 0.3 is 5.69 Å². The molecule has 0 saturated carbocycles. The first-order valence-corrected chi connectivity index (χ1v) is 6.07. The maximum atomic E-state index is 11.7. The lowest BCUT2D eigenvalue weighted by molar-refractivity contribution is -0.384. The maximum absolute atomic E-state index is 11.7. The van der Waals surface area contributed by atoms with Gasteiger partial charge in [-0.2, -0.15) is 0 Å². The van der Waals surface area contributed by atoms with Crippen molar-refractivity contribution < 1.29 is 4.92 Å². The van der Waals surface area contributed by atoms with Gasteiger partial charge in [-0.25, -0.2) is 4.79 Å². The van der Waals surface area contributed by atoms with E-state index in [1.54, 1.807) is 0 Å². The minimum atomic E-state index is -0.634. The van der Waals surface area contributed by atoms with Crippen molar-refractivity contribution in [1.29, 1.82) is 0 Å². The largest absolute Gasteiger partial charge is 0.328 e. The maximum Gasteiger partial charge on any atom is 0.328 e. The summed E-state index contributed by atoms with van der Waals surface area (Å²) >= 11 is 0. The van der Waals surface area contributed by atoms with Crippen LogP contribution >= 0.6 is 0 Å². The first-order valence-electron chi connectivity index (χ1n) is 6.07. The number of benzene rings is 1. The van der Waals surface area contributed by atoms with E-state index in [0.717, 1.165) is 6.20 Å². The topological polar surface area (TPSA) is 127 Å². The molecule has 0 fully saturated rings. The Balaban J connectivity index is 2.34. The Bertz CT molecular complexity index is 848.